The summed E-state index contributed by atoms with van der Waals surface area (Å²) < 4.78 is 39.4. The molecule has 4 heterocycles. The monoisotopic (exact) mass is 496 g/mol. The minimum Gasteiger partial charge on any atom is -0.497 e. The summed E-state index contributed by atoms with van der Waals surface area (Å²) in [5, 5.41) is -0.390. The Morgan fingerprint density at radius 1 is 1.11 bits per heavy atom. The van der Waals surface area contributed by atoms with Crippen molar-refractivity contribution in [2.24, 2.45) is 0 Å². The molecule has 5 rings (SSSR count). The van der Waals surface area contributed by atoms with Crippen molar-refractivity contribution >= 4 is 32.4 Å². The predicted octanol–water partition coefficient (Wildman–Crippen LogP) is 1.60. The van der Waals surface area contributed by atoms with E-state index in [1.807, 2.05) is 0 Å². The first-order valence-electron chi connectivity index (χ1n) is 11.0. The number of methoxy groups -OCH3 is 2. The zero-order valence-electron chi connectivity index (χ0n) is 19.2. The van der Waals surface area contributed by atoms with Gasteiger partial charge in [0.05, 0.1) is 24.0 Å². The van der Waals surface area contributed by atoms with Crippen LogP contribution in [0.25, 0.3) is 16.7 Å². The summed E-state index contributed by atoms with van der Waals surface area (Å²) in [5.41, 5.74) is 0.858. The number of ether oxygens (including phenoxy) is 2. The van der Waals surface area contributed by atoms with Crippen LogP contribution in [-0.4, -0.2) is 72.3 Å². The molecule has 0 aliphatic carbocycles. The summed E-state index contributed by atoms with van der Waals surface area (Å²) in [6, 6.07) is 13.0. The van der Waals surface area contributed by atoms with Gasteiger partial charge in [-0.25, -0.2) is 13.4 Å². The number of benzene rings is 1. The minimum atomic E-state index is -3.60. The van der Waals surface area contributed by atoms with Crippen molar-refractivity contribution in [3.05, 3.63) is 70.8 Å². The van der Waals surface area contributed by atoms with E-state index >= 15 is 0 Å². The third-order valence-electron chi connectivity index (χ3n) is 6.28. The zero-order valence-corrected chi connectivity index (χ0v) is 20.1. The zero-order chi connectivity index (χ0) is 24.7. The molecule has 11 heteroatoms. The lowest BCUT2D eigenvalue weighted by molar-refractivity contribution is 0.0646. The van der Waals surface area contributed by atoms with Crippen LogP contribution in [0.2, 0.25) is 0 Å². The molecule has 35 heavy (non-hydrogen) atoms. The number of amides is 1. The normalized spacial score (nSPS) is 14.4. The van der Waals surface area contributed by atoms with Gasteiger partial charge >= 0.3 is 0 Å². The lowest BCUT2D eigenvalue weighted by Crippen LogP contribution is -2.57. The molecule has 0 spiro atoms. The standard InChI is InChI=1S/C24H24N4O6S/c1-33-12-11-27-20(13-19-22(27)25-21-5-3-4-10-28(21)23(19)29)24(30)26-14-18(15-26)35(31,32)17-8-6-16(34-2)7-9-17/h3-10,13,18H,11-12,14-15H2,1-2H3. The predicted molar refractivity (Wildman–Crippen MR) is 129 cm³/mol. The van der Waals surface area contributed by atoms with Gasteiger partial charge in [-0.15, -0.1) is 0 Å². The second kappa shape index (κ2) is 8.82. The average Bonchev–Trinajstić information content (AvgIpc) is 3.20. The summed E-state index contributed by atoms with van der Waals surface area (Å²) in [4.78, 5) is 32.7. The highest BCUT2D eigenvalue weighted by Gasteiger charge is 2.41. The number of sulfone groups is 1. The van der Waals surface area contributed by atoms with Crippen LogP contribution in [-0.2, 0) is 21.1 Å². The lowest BCUT2D eigenvalue weighted by atomic mass is 10.2. The fourth-order valence-electron chi connectivity index (χ4n) is 4.26. The van der Waals surface area contributed by atoms with Gasteiger partial charge in [0.2, 0.25) is 0 Å². The summed E-state index contributed by atoms with van der Waals surface area (Å²) in [7, 11) is -0.538. The van der Waals surface area contributed by atoms with Crippen LogP contribution in [0.4, 0.5) is 0 Å². The van der Waals surface area contributed by atoms with E-state index in [4.69, 9.17) is 9.47 Å². The SMILES string of the molecule is COCCn1c(C(=O)N2CC(S(=O)(=O)c3ccc(OC)cc3)C2)cc2c(=O)n3ccccc3nc21. The van der Waals surface area contributed by atoms with Crippen LogP contribution in [0.15, 0.2) is 64.4 Å². The molecule has 182 valence electrons. The second-order valence-corrected chi connectivity index (χ2v) is 10.5. The topological polar surface area (TPSA) is 112 Å². The molecule has 0 radical (unpaired) electrons. The molecule has 1 fully saturated rings. The molecule has 1 aliphatic heterocycles. The maximum Gasteiger partial charge on any atom is 0.270 e. The largest absolute Gasteiger partial charge is 0.497 e. The van der Waals surface area contributed by atoms with Crippen LogP contribution in [0, 0.1) is 0 Å². The van der Waals surface area contributed by atoms with Crippen LogP contribution in [0.5, 0.6) is 5.75 Å². The van der Waals surface area contributed by atoms with Crippen LogP contribution in [0.1, 0.15) is 10.5 Å². The number of nitrogens with zero attached hydrogens (tertiary/aromatic N) is 4. The van der Waals surface area contributed by atoms with Crippen LogP contribution >= 0.6 is 0 Å². The first-order valence-corrected chi connectivity index (χ1v) is 12.6. The molecule has 0 bridgehead atoms. The number of aromatic nitrogens is 3. The number of carbonyl (C=O) groups excluding carboxylic acids is 1. The van der Waals surface area contributed by atoms with Crippen molar-refractivity contribution in [1.29, 1.82) is 0 Å². The Kier molecular flexibility index (Phi) is 5.81. The number of likely N-dealkylation sites (tertiary alicyclic amines) is 1. The Labute approximate surface area is 201 Å². The minimum absolute atomic E-state index is 0.0629. The van der Waals surface area contributed by atoms with Crippen molar-refractivity contribution in [1.82, 2.24) is 18.9 Å². The first kappa shape index (κ1) is 23.1. The number of carbonyl (C=O) groups is 1. The molecule has 0 N–H and O–H groups in total. The molecule has 1 saturated heterocycles. The van der Waals surface area contributed by atoms with Crippen molar-refractivity contribution in [2.75, 3.05) is 33.9 Å². The average molecular weight is 497 g/mol. The molecule has 1 aromatic carbocycles. The van der Waals surface area contributed by atoms with Gasteiger partial charge < -0.3 is 18.9 Å². The molecular weight excluding hydrogens is 472 g/mol. The van der Waals surface area contributed by atoms with Gasteiger partial charge in [0.1, 0.15) is 28.0 Å². The highest BCUT2D eigenvalue weighted by molar-refractivity contribution is 7.92. The second-order valence-electron chi connectivity index (χ2n) is 8.31. The van der Waals surface area contributed by atoms with Crippen molar-refractivity contribution in [2.45, 2.75) is 16.7 Å². The fraction of sp³-hybridized carbons (Fsp3) is 0.292. The molecule has 10 nitrogen and oxygen atoms in total. The lowest BCUT2D eigenvalue weighted by Gasteiger charge is -2.38. The molecule has 0 atom stereocenters. The Morgan fingerprint density at radius 2 is 1.86 bits per heavy atom. The van der Waals surface area contributed by atoms with Crippen LogP contribution < -0.4 is 10.3 Å². The van der Waals surface area contributed by atoms with E-state index in [0.29, 0.717) is 35.6 Å². The summed E-state index contributed by atoms with van der Waals surface area (Å²) in [6.07, 6.45) is 1.63. The van der Waals surface area contributed by atoms with Gasteiger partial charge in [-0.05, 0) is 42.5 Å². The number of rotatable bonds is 7. The van der Waals surface area contributed by atoms with Gasteiger partial charge in [-0.3, -0.25) is 14.0 Å². The third kappa shape index (κ3) is 3.86. The third-order valence-corrected chi connectivity index (χ3v) is 8.38. The Morgan fingerprint density at radius 3 is 2.54 bits per heavy atom. The summed E-state index contributed by atoms with van der Waals surface area (Å²) in [6.45, 7) is 0.757. The van der Waals surface area contributed by atoms with Crippen molar-refractivity contribution in [3.8, 4) is 5.75 Å². The maximum atomic E-state index is 13.4. The summed E-state index contributed by atoms with van der Waals surface area (Å²) >= 11 is 0. The van der Waals surface area contributed by atoms with Gasteiger partial charge in [-0.1, -0.05) is 6.07 Å². The molecular formula is C24H24N4O6S. The Balaban J connectivity index is 1.45. The molecule has 3 aromatic heterocycles. The van der Waals surface area contributed by atoms with E-state index in [0.717, 1.165) is 0 Å². The van der Waals surface area contributed by atoms with E-state index in [2.05, 4.69) is 4.98 Å². The highest BCUT2D eigenvalue weighted by Crippen LogP contribution is 2.27. The molecule has 0 unspecified atom stereocenters. The van der Waals surface area contributed by atoms with Crippen LogP contribution in [0.3, 0.4) is 0 Å². The van der Waals surface area contributed by atoms with E-state index in [-0.39, 0.29) is 35.1 Å². The maximum absolute atomic E-state index is 13.4. The molecule has 4 aromatic rings. The van der Waals surface area contributed by atoms with E-state index in [1.54, 1.807) is 48.2 Å². The number of hydrogen-bond acceptors (Lipinski definition) is 7. The quantitative estimate of drug-likeness (QED) is 0.382. The molecule has 1 amide bonds. The number of fused-ring (bicyclic) bond motifs is 2. The van der Waals surface area contributed by atoms with Gasteiger partial charge in [0.15, 0.2) is 9.84 Å². The molecule has 0 saturated carbocycles. The van der Waals surface area contributed by atoms with Crippen molar-refractivity contribution in [3.63, 3.8) is 0 Å². The van der Waals surface area contributed by atoms with Crippen molar-refractivity contribution < 1.29 is 22.7 Å². The highest BCUT2D eigenvalue weighted by atomic mass is 32.2. The molecule has 1 aliphatic rings. The van der Waals surface area contributed by atoms with E-state index in [9.17, 15) is 18.0 Å². The van der Waals surface area contributed by atoms with Gasteiger partial charge in [0, 0.05) is 32.9 Å². The smallest absolute Gasteiger partial charge is 0.270 e. The van der Waals surface area contributed by atoms with E-state index in [1.165, 1.54) is 34.6 Å². The number of hydrogen-bond donors (Lipinski definition) is 0. The Bertz CT molecular complexity index is 1580. The number of pyridine rings is 1. The Hall–Kier alpha value is -3.70. The van der Waals surface area contributed by atoms with Gasteiger partial charge in [0.25, 0.3) is 11.5 Å². The summed E-state index contributed by atoms with van der Waals surface area (Å²) in [5.74, 6) is 0.212. The van der Waals surface area contributed by atoms with E-state index < -0.39 is 15.1 Å². The first-order chi connectivity index (χ1) is 16.8. The fourth-order valence-corrected chi connectivity index (χ4v) is 5.91. The van der Waals surface area contributed by atoms with Gasteiger partial charge in [-0.2, -0.15) is 0 Å².